The SMILES string of the molecule is N#Cc1ccc(-c2nc(-c3ccccc3)nc(-c3ccc(-n4c5ccccc5c5ccc6c7ccccc7oc6c54)cc3)n2)cc1-c1ccccc1. The van der Waals surface area contributed by atoms with Gasteiger partial charge in [0.25, 0.3) is 0 Å². The normalized spacial score (nSPS) is 11.4. The predicted molar refractivity (Wildman–Crippen MR) is 208 cm³/mol. The van der Waals surface area contributed by atoms with E-state index in [9.17, 15) is 5.26 Å². The molecule has 0 N–H and O–H groups in total. The van der Waals surface area contributed by atoms with Crippen LogP contribution in [0.5, 0.6) is 0 Å². The van der Waals surface area contributed by atoms with E-state index in [0.717, 1.165) is 77.2 Å². The van der Waals surface area contributed by atoms with Crippen LogP contribution in [-0.4, -0.2) is 19.5 Å². The molecule has 242 valence electrons. The molecule has 10 rings (SSSR count). The van der Waals surface area contributed by atoms with Gasteiger partial charge in [0.15, 0.2) is 23.1 Å². The molecule has 0 aliphatic rings. The lowest BCUT2D eigenvalue weighted by molar-refractivity contribution is 0.671. The standard InChI is InChI=1S/C46H27N5O/c47-28-33-20-19-32(27-39(33)29-11-3-1-4-12-29)46-49-44(30-13-5-2-6-14-30)48-45(50-46)31-21-23-34(24-22-31)51-40-17-9-7-15-35(40)37-25-26-38-36-16-8-10-18-41(36)52-43(38)42(37)51/h1-27H. The van der Waals surface area contributed by atoms with Crippen molar-refractivity contribution in [2.75, 3.05) is 0 Å². The maximum absolute atomic E-state index is 9.92. The highest BCUT2D eigenvalue weighted by Gasteiger charge is 2.20. The van der Waals surface area contributed by atoms with Crippen molar-refractivity contribution in [3.05, 3.63) is 169 Å². The van der Waals surface area contributed by atoms with E-state index in [-0.39, 0.29) is 0 Å². The van der Waals surface area contributed by atoms with Crippen LogP contribution in [0.4, 0.5) is 0 Å². The molecule has 0 spiro atoms. The number of furan rings is 1. The first-order valence-electron chi connectivity index (χ1n) is 17.1. The van der Waals surface area contributed by atoms with E-state index < -0.39 is 0 Å². The Hall–Kier alpha value is -7.36. The van der Waals surface area contributed by atoms with Gasteiger partial charge in [0, 0.05) is 49.5 Å². The fraction of sp³-hybridized carbons (Fsp3) is 0. The Kier molecular flexibility index (Phi) is 6.76. The number of nitrogens with zero attached hydrogens (tertiary/aromatic N) is 5. The Morgan fingerprint density at radius 1 is 0.481 bits per heavy atom. The molecule has 0 fully saturated rings. The van der Waals surface area contributed by atoms with E-state index in [2.05, 4.69) is 83.4 Å². The lowest BCUT2D eigenvalue weighted by atomic mass is 9.97. The Bertz CT molecular complexity index is 3010. The average molecular weight is 666 g/mol. The first-order valence-corrected chi connectivity index (χ1v) is 17.1. The Morgan fingerprint density at radius 2 is 1.06 bits per heavy atom. The minimum absolute atomic E-state index is 0.532. The van der Waals surface area contributed by atoms with Crippen LogP contribution < -0.4 is 0 Å². The molecule has 0 atom stereocenters. The monoisotopic (exact) mass is 665 g/mol. The summed E-state index contributed by atoms with van der Waals surface area (Å²) in [5.74, 6) is 1.66. The summed E-state index contributed by atoms with van der Waals surface area (Å²) < 4.78 is 8.83. The molecule has 0 radical (unpaired) electrons. The van der Waals surface area contributed by atoms with Crippen LogP contribution in [0.3, 0.4) is 0 Å². The highest BCUT2D eigenvalue weighted by Crippen LogP contribution is 2.40. The fourth-order valence-corrected chi connectivity index (χ4v) is 7.25. The number of fused-ring (bicyclic) bond motifs is 7. The summed E-state index contributed by atoms with van der Waals surface area (Å²) in [5.41, 5.74) is 9.80. The van der Waals surface area contributed by atoms with Crippen LogP contribution in [-0.2, 0) is 0 Å². The number of aromatic nitrogens is 4. The van der Waals surface area contributed by atoms with Crippen molar-refractivity contribution in [3.8, 4) is 57.0 Å². The molecule has 10 aromatic rings. The van der Waals surface area contributed by atoms with E-state index in [1.807, 2.05) is 91.0 Å². The molecule has 3 heterocycles. The van der Waals surface area contributed by atoms with Gasteiger partial charge < -0.3 is 8.98 Å². The third kappa shape index (κ3) is 4.76. The molecule has 0 aliphatic carbocycles. The van der Waals surface area contributed by atoms with Gasteiger partial charge in [0.1, 0.15) is 5.58 Å². The van der Waals surface area contributed by atoms with E-state index >= 15 is 0 Å². The van der Waals surface area contributed by atoms with Gasteiger partial charge in [-0.05, 0) is 66.2 Å². The van der Waals surface area contributed by atoms with Gasteiger partial charge in [0.2, 0.25) is 0 Å². The van der Waals surface area contributed by atoms with E-state index in [4.69, 9.17) is 19.4 Å². The van der Waals surface area contributed by atoms with Crippen LogP contribution >= 0.6 is 0 Å². The maximum Gasteiger partial charge on any atom is 0.164 e. The highest BCUT2D eigenvalue weighted by molar-refractivity contribution is 6.21. The molecule has 3 aromatic heterocycles. The number of benzene rings is 7. The molecule has 7 aromatic carbocycles. The summed E-state index contributed by atoms with van der Waals surface area (Å²) in [6.07, 6.45) is 0. The van der Waals surface area contributed by atoms with Crippen LogP contribution in [0.15, 0.2) is 168 Å². The van der Waals surface area contributed by atoms with Crippen LogP contribution in [0.1, 0.15) is 5.56 Å². The van der Waals surface area contributed by atoms with Gasteiger partial charge in [-0.3, -0.25) is 0 Å². The summed E-state index contributed by atoms with van der Waals surface area (Å²) in [7, 11) is 0. The van der Waals surface area contributed by atoms with Gasteiger partial charge in [-0.2, -0.15) is 5.26 Å². The quantitative estimate of drug-likeness (QED) is 0.183. The highest BCUT2D eigenvalue weighted by atomic mass is 16.3. The first-order chi connectivity index (χ1) is 25.7. The molecule has 52 heavy (non-hydrogen) atoms. The molecule has 6 heteroatoms. The van der Waals surface area contributed by atoms with Crippen LogP contribution in [0.2, 0.25) is 0 Å². The lowest BCUT2D eigenvalue weighted by Gasteiger charge is -2.12. The molecular formula is C46H27N5O. The second-order valence-electron chi connectivity index (χ2n) is 12.7. The molecule has 0 bridgehead atoms. The Balaban J connectivity index is 1.14. The Labute approximate surface area is 298 Å². The minimum atomic E-state index is 0.532. The van der Waals surface area contributed by atoms with Crippen molar-refractivity contribution < 1.29 is 4.42 Å². The van der Waals surface area contributed by atoms with Crippen molar-refractivity contribution in [2.24, 2.45) is 0 Å². The van der Waals surface area contributed by atoms with Gasteiger partial charge >= 0.3 is 0 Å². The van der Waals surface area contributed by atoms with Crippen molar-refractivity contribution in [2.45, 2.75) is 0 Å². The zero-order valence-corrected chi connectivity index (χ0v) is 27.7. The largest absolute Gasteiger partial charge is 0.454 e. The zero-order chi connectivity index (χ0) is 34.6. The van der Waals surface area contributed by atoms with Gasteiger partial charge in [0.05, 0.1) is 22.7 Å². The van der Waals surface area contributed by atoms with E-state index in [0.29, 0.717) is 23.0 Å². The maximum atomic E-state index is 9.92. The topological polar surface area (TPSA) is 80.5 Å². The predicted octanol–water partition coefficient (Wildman–Crippen LogP) is 11.4. The zero-order valence-electron chi connectivity index (χ0n) is 27.7. The van der Waals surface area contributed by atoms with Crippen molar-refractivity contribution in [1.29, 1.82) is 5.26 Å². The van der Waals surface area contributed by atoms with Crippen LogP contribution in [0, 0.1) is 11.3 Å². The number of rotatable bonds is 5. The molecular weight excluding hydrogens is 639 g/mol. The molecule has 0 amide bonds. The third-order valence-electron chi connectivity index (χ3n) is 9.71. The first kappa shape index (κ1) is 29.5. The number of nitriles is 1. The summed E-state index contributed by atoms with van der Waals surface area (Å²) in [4.78, 5) is 14.9. The van der Waals surface area contributed by atoms with E-state index in [1.54, 1.807) is 0 Å². The second kappa shape index (κ2) is 11.9. The second-order valence-corrected chi connectivity index (χ2v) is 12.7. The number of hydrogen-bond acceptors (Lipinski definition) is 5. The smallest absolute Gasteiger partial charge is 0.164 e. The van der Waals surface area contributed by atoms with Gasteiger partial charge in [-0.15, -0.1) is 0 Å². The summed E-state index contributed by atoms with van der Waals surface area (Å²) in [6, 6.07) is 57.4. The number of para-hydroxylation sites is 2. The van der Waals surface area contributed by atoms with E-state index in [1.165, 1.54) is 0 Å². The summed E-state index contributed by atoms with van der Waals surface area (Å²) >= 11 is 0. The molecule has 0 saturated carbocycles. The van der Waals surface area contributed by atoms with Crippen molar-refractivity contribution in [1.82, 2.24) is 19.5 Å². The third-order valence-corrected chi connectivity index (χ3v) is 9.71. The minimum Gasteiger partial charge on any atom is -0.454 e. The molecule has 0 aliphatic heterocycles. The van der Waals surface area contributed by atoms with Gasteiger partial charge in [-0.25, -0.2) is 15.0 Å². The molecule has 0 saturated heterocycles. The molecule has 0 unspecified atom stereocenters. The molecule has 6 nitrogen and oxygen atoms in total. The summed E-state index contributed by atoms with van der Waals surface area (Å²) in [5, 5.41) is 14.4. The van der Waals surface area contributed by atoms with Gasteiger partial charge in [-0.1, -0.05) is 103 Å². The lowest BCUT2D eigenvalue weighted by Crippen LogP contribution is -2.01. The van der Waals surface area contributed by atoms with Crippen molar-refractivity contribution >= 4 is 43.7 Å². The Morgan fingerprint density at radius 3 is 1.79 bits per heavy atom. The summed E-state index contributed by atoms with van der Waals surface area (Å²) in [6.45, 7) is 0. The average Bonchev–Trinajstić information content (AvgIpc) is 3.77. The van der Waals surface area contributed by atoms with Crippen LogP contribution in [0.25, 0.3) is 94.7 Å². The fourth-order valence-electron chi connectivity index (χ4n) is 7.25. The number of hydrogen-bond donors (Lipinski definition) is 0. The van der Waals surface area contributed by atoms with Crippen molar-refractivity contribution in [3.63, 3.8) is 0 Å².